The average Bonchev–Trinajstić information content (AvgIpc) is 2.76. The minimum absolute atomic E-state index is 0.0248. The lowest BCUT2D eigenvalue weighted by molar-refractivity contribution is -0.138. The lowest BCUT2D eigenvalue weighted by Gasteiger charge is -2.02. The summed E-state index contributed by atoms with van der Waals surface area (Å²) in [7, 11) is 1.59. The molecule has 8 nitrogen and oxygen atoms in total. The Morgan fingerprint density at radius 1 is 1.61 bits per heavy atom. The lowest BCUT2D eigenvalue weighted by atomic mass is 10.2. The summed E-state index contributed by atoms with van der Waals surface area (Å²) in [6, 6.07) is -0.971. The van der Waals surface area contributed by atoms with Gasteiger partial charge in [0.05, 0.1) is 5.69 Å². The highest BCUT2D eigenvalue weighted by Crippen LogP contribution is 2.00. The highest BCUT2D eigenvalue weighted by molar-refractivity contribution is 5.75. The summed E-state index contributed by atoms with van der Waals surface area (Å²) < 4.78 is 1.58. The van der Waals surface area contributed by atoms with E-state index in [-0.39, 0.29) is 12.3 Å². The van der Waals surface area contributed by atoms with Crippen LogP contribution < -0.4 is 11.1 Å². The zero-order chi connectivity index (χ0) is 13.5. The van der Waals surface area contributed by atoms with Gasteiger partial charge in [0, 0.05) is 32.6 Å². The molecule has 1 unspecified atom stereocenters. The summed E-state index contributed by atoms with van der Waals surface area (Å²) in [5, 5.41) is 18.8. The van der Waals surface area contributed by atoms with Gasteiger partial charge in [-0.2, -0.15) is 0 Å². The number of aryl methyl sites for hydroxylation is 1. The predicted octanol–water partition coefficient (Wildman–Crippen LogP) is -1.24. The van der Waals surface area contributed by atoms with Crippen molar-refractivity contribution in [2.24, 2.45) is 5.73 Å². The van der Waals surface area contributed by atoms with Crippen LogP contribution in [0.4, 0.5) is 0 Å². The van der Waals surface area contributed by atoms with Crippen molar-refractivity contribution in [2.45, 2.75) is 31.8 Å². The summed E-state index contributed by atoms with van der Waals surface area (Å²) in [6.07, 6.45) is 2.85. The van der Waals surface area contributed by atoms with Crippen LogP contribution in [-0.2, 0) is 22.6 Å². The summed E-state index contributed by atoms with van der Waals surface area (Å²) >= 11 is 0. The molecule has 0 aromatic carbocycles. The Hall–Kier alpha value is -1.96. The molecule has 1 aromatic heterocycles. The summed E-state index contributed by atoms with van der Waals surface area (Å²) in [4.78, 5) is 21.6. The van der Waals surface area contributed by atoms with Crippen LogP contribution in [-0.4, -0.2) is 45.1 Å². The van der Waals surface area contributed by atoms with Gasteiger partial charge >= 0.3 is 5.97 Å². The van der Waals surface area contributed by atoms with Crippen LogP contribution >= 0.6 is 0 Å². The van der Waals surface area contributed by atoms with Crippen molar-refractivity contribution in [1.82, 2.24) is 20.3 Å². The number of amides is 1. The summed E-state index contributed by atoms with van der Waals surface area (Å²) in [5.41, 5.74) is 5.92. The van der Waals surface area contributed by atoms with Crippen molar-refractivity contribution in [3.8, 4) is 0 Å². The third kappa shape index (κ3) is 4.50. The molecule has 1 atom stereocenters. The molecule has 1 rings (SSSR count). The first-order valence-corrected chi connectivity index (χ1v) is 5.61. The van der Waals surface area contributed by atoms with E-state index in [1.165, 1.54) is 0 Å². The molecule has 0 aliphatic rings. The lowest BCUT2D eigenvalue weighted by Crippen LogP contribution is -2.32. The molecule has 1 amide bonds. The van der Waals surface area contributed by atoms with Crippen molar-refractivity contribution >= 4 is 11.9 Å². The number of nitrogens with zero attached hydrogens (tertiary/aromatic N) is 3. The molecule has 0 saturated carbocycles. The van der Waals surface area contributed by atoms with E-state index in [4.69, 9.17) is 10.8 Å². The zero-order valence-electron chi connectivity index (χ0n) is 10.2. The molecule has 4 N–H and O–H groups in total. The molecule has 0 bridgehead atoms. The Kier molecular flexibility index (Phi) is 5.25. The Morgan fingerprint density at radius 2 is 2.33 bits per heavy atom. The van der Waals surface area contributed by atoms with Crippen LogP contribution in [0.2, 0.25) is 0 Å². The Bertz CT molecular complexity index is 417. The van der Waals surface area contributed by atoms with E-state index in [0.717, 1.165) is 0 Å². The number of carboxylic acids is 1. The van der Waals surface area contributed by atoms with Crippen molar-refractivity contribution in [1.29, 1.82) is 0 Å². The average molecular weight is 255 g/mol. The largest absolute Gasteiger partial charge is 0.480 e. The van der Waals surface area contributed by atoms with Crippen LogP contribution in [0.1, 0.15) is 18.5 Å². The van der Waals surface area contributed by atoms with Crippen molar-refractivity contribution in [3.05, 3.63) is 11.9 Å². The van der Waals surface area contributed by atoms with Gasteiger partial charge in [0.2, 0.25) is 5.91 Å². The maximum atomic E-state index is 11.0. The third-order valence-electron chi connectivity index (χ3n) is 2.40. The number of aliphatic carboxylic acids is 1. The first-order valence-electron chi connectivity index (χ1n) is 5.61. The van der Waals surface area contributed by atoms with Gasteiger partial charge in [-0.1, -0.05) is 5.21 Å². The second-order valence-electron chi connectivity index (χ2n) is 3.90. The fraction of sp³-hybridized carbons (Fsp3) is 0.600. The van der Waals surface area contributed by atoms with Gasteiger partial charge in [-0.25, -0.2) is 0 Å². The Morgan fingerprint density at radius 3 is 2.94 bits per heavy atom. The van der Waals surface area contributed by atoms with Gasteiger partial charge in [-0.05, 0) is 6.42 Å². The van der Waals surface area contributed by atoms with E-state index in [1.807, 2.05) is 0 Å². The Labute approximate surface area is 104 Å². The number of rotatable bonds is 7. The van der Waals surface area contributed by atoms with E-state index >= 15 is 0 Å². The number of aromatic nitrogens is 3. The molecule has 1 heterocycles. The van der Waals surface area contributed by atoms with Gasteiger partial charge in [-0.3, -0.25) is 14.3 Å². The highest BCUT2D eigenvalue weighted by Gasteiger charge is 2.14. The van der Waals surface area contributed by atoms with Gasteiger partial charge < -0.3 is 16.2 Å². The second-order valence-corrected chi connectivity index (χ2v) is 3.90. The quantitative estimate of drug-likeness (QED) is 0.560. The molecule has 1 aromatic rings. The SMILES string of the molecule is CNC(=O)CCCn1cc(CC(N)C(=O)O)nn1. The number of nitrogens with two attached hydrogens (primary N) is 1. The minimum Gasteiger partial charge on any atom is -0.480 e. The summed E-state index contributed by atoms with van der Waals surface area (Å²) in [6.45, 7) is 0.558. The maximum absolute atomic E-state index is 11.0. The molecule has 8 heteroatoms. The minimum atomic E-state index is -1.07. The fourth-order valence-corrected chi connectivity index (χ4v) is 1.38. The number of carboxylic acid groups (broad SMARTS) is 1. The topological polar surface area (TPSA) is 123 Å². The fourth-order valence-electron chi connectivity index (χ4n) is 1.38. The Balaban J connectivity index is 2.39. The second kappa shape index (κ2) is 6.70. The molecule has 0 saturated heterocycles. The smallest absolute Gasteiger partial charge is 0.320 e. The molecule has 0 fully saturated rings. The molecule has 100 valence electrons. The van der Waals surface area contributed by atoms with E-state index in [9.17, 15) is 9.59 Å². The number of hydrogen-bond acceptors (Lipinski definition) is 5. The van der Waals surface area contributed by atoms with Crippen molar-refractivity contribution in [2.75, 3.05) is 7.05 Å². The van der Waals surface area contributed by atoms with Gasteiger partial charge in [0.25, 0.3) is 0 Å². The standard InChI is InChI=1S/C10H17N5O3/c1-12-9(16)3-2-4-15-6-7(13-14-15)5-8(11)10(17)18/h6,8H,2-5,11H2,1H3,(H,12,16)(H,17,18). The van der Waals surface area contributed by atoms with Crippen molar-refractivity contribution in [3.63, 3.8) is 0 Å². The van der Waals surface area contributed by atoms with Crippen LogP contribution in [0.3, 0.4) is 0 Å². The van der Waals surface area contributed by atoms with E-state index in [0.29, 0.717) is 25.1 Å². The van der Waals surface area contributed by atoms with Crippen LogP contribution in [0.15, 0.2) is 6.20 Å². The predicted molar refractivity (Wildman–Crippen MR) is 62.6 cm³/mol. The monoisotopic (exact) mass is 255 g/mol. The summed E-state index contributed by atoms with van der Waals surface area (Å²) in [5.74, 6) is -1.09. The normalized spacial score (nSPS) is 12.1. The number of nitrogens with one attached hydrogen (secondary N) is 1. The molecular formula is C10H17N5O3. The van der Waals surface area contributed by atoms with Gasteiger partial charge in [0.1, 0.15) is 6.04 Å². The molecule has 0 aliphatic carbocycles. The first kappa shape index (κ1) is 14.1. The van der Waals surface area contributed by atoms with Crippen molar-refractivity contribution < 1.29 is 14.7 Å². The molecule has 0 spiro atoms. The number of carbonyl (C=O) groups excluding carboxylic acids is 1. The van der Waals surface area contributed by atoms with E-state index < -0.39 is 12.0 Å². The highest BCUT2D eigenvalue weighted by atomic mass is 16.4. The molecular weight excluding hydrogens is 238 g/mol. The third-order valence-corrected chi connectivity index (χ3v) is 2.40. The van der Waals surface area contributed by atoms with Crippen LogP contribution in [0, 0.1) is 0 Å². The number of hydrogen-bond donors (Lipinski definition) is 3. The molecule has 18 heavy (non-hydrogen) atoms. The number of carbonyl (C=O) groups is 2. The van der Waals surface area contributed by atoms with Crippen LogP contribution in [0.5, 0.6) is 0 Å². The zero-order valence-corrected chi connectivity index (χ0v) is 10.2. The maximum Gasteiger partial charge on any atom is 0.320 e. The van der Waals surface area contributed by atoms with E-state index in [1.54, 1.807) is 17.9 Å². The van der Waals surface area contributed by atoms with Crippen LogP contribution in [0.25, 0.3) is 0 Å². The van der Waals surface area contributed by atoms with Gasteiger partial charge in [0.15, 0.2) is 0 Å². The molecule has 0 aliphatic heterocycles. The van der Waals surface area contributed by atoms with Gasteiger partial charge in [-0.15, -0.1) is 5.10 Å². The van der Waals surface area contributed by atoms with E-state index in [2.05, 4.69) is 15.6 Å². The first-order chi connectivity index (χ1) is 8.52. The molecule has 0 radical (unpaired) electrons.